The summed E-state index contributed by atoms with van der Waals surface area (Å²) in [6, 6.07) is 7.85. The largest absolute Gasteiger partial charge is 0.495 e. The smallest absolute Gasteiger partial charge is 0.261 e. The third kappa shape index (κ3) is 3.57. The lowest BCUT2D eigenvalue weighted by molar-refractivity contribution is 0.414. The number of hydrogen-bond acceptors (Lipinski definition) is 5. The molecule has 0 radical (unpaired) electrons. The van der Waals surface area contributed by atoms with E-state index in [9.17, 15) is 8.42 Å². The minimum absolute atomic E-state index is 0.0666. The van der Waals surface area contributed by atoms with E-state index >= 15 is 0 Å². The van der Waals surface area contributed by atoms with Crippen LogP contribution < -0.4 is 14.4 Å². The summed E-state index contributed by atoms with van der Waals surface area (Å²) < 4.78 is 32.4. The predicted octanol–water partition coefficient (Wildman–Crippen LogP) is 3.14. The SMILES string of the molecule is COc1ccc(S(=O)(=O)Nc2ccc(N3CCCC3)nc2)cc1Cl. The van der Waals surface area contributed by atoms with Gasteiger partial charge in [0, 0.05) is 13.1 Å². The molecule has 6 nitrogen and oxygen atoms in total. The Bertz CT molecular complexity index is 819. The van der Waals surface area contributed by atoms with Crippen molar-refractivity contribution in [3.63, 3.8) is 0 Å². The molecule has 1 N–H and O–H groups in total. The van der Waals surface area contributed by atoms with Gasteiger partial charge in [-0.15, -0.1) is 0 Å². The molecule has 0 unspecified atom stereocenters. The third-order valence-electron chi connectivity index (χ3n) is 3.86. The van der Waals surface area contributed by atoms with E-state index in [-0.39, 0.29) is 9.92 Å². The molecular formula is C16H18ClN3O3S. The van der Waals surface area contributed by atoms with E-state index in [0.717, 1.165) is 31.7 Å². The van der Waals surface area contributed by atoms with Crippen LogP contribution in [0, 0.1) is 0 Å². The summed E-state index contributed by atoms with van der Waals surface area (Å²) in [5, 5.41) is 0.239. The Morgan fingerprint density at radius 1 is 1.21 bits per heavy atom. The molecule has 8 heteroatoms. The van der Waals surface area contributed by atoms with Gasteiger partial charge in [-0.3, -0.25) is 4.72 Å². The van der Waals surface area contributed by atoms with Crippen molar-refractivity contribution in [2.24, 2.45) is 0 Å². The molecule has 2 aromatic rings. The zero-order valence-electron chi connectivity index (χ0n) is 13.2. The lowest BCUT2D eigenvalue weighted by atomic mass is 10.3. The van der Waals surface area contributed by atoms with E-state index in [0.29, 0.717) is 11.4 Å². The first kappa shape index (κ1) is 16.9. The molecule has 1 aromatic heterocycles. The summed E-state index contributed by atoms with van der Waals surface area (Å²) in [6.07, 6.45) is 3.85. The van der Waals surface area contributed by atoms with Crippen LogP contribution in [-0.4, -0.2) is 33.6 Å². The van der Waals surface area contributed by atoms with Crippen molar-refractivity contribution in [3.05, 3.63) is 41.6 Å². The number of hydrogen-bond donors (Lipinski definition) is 1. The normalized spacial score (nSPS) is 14.7. The van der Waals surface area contributed by atoms with E-state index in [1.165, 1.54) is 31.5 Å². The van der Waals surface area contributed by atoms with E-state index in [1.807, 2.05) is 6.07 Å². The highest BCUT2D eigenvalue weighted by atomic mass is 35.5. The van der Waals surface area contributed by atoms with Crippen LogP contribution in [-0.2, 0) is 10.0 Å². The number of anilines is 2. The quantitative estimate of drug-likeness (QED) is 0.878. The lowest BCUT2D eigenvalue weighted by Gasteiger charge is -2.16. The fourth-order valence-corrected chi connectivity index (χ4v) is 4.00. The molecule has 0 aliphatic carbocycles. The number of benzene rings is 1. The monoisotopic (exact) mass is 367 g/mol. The highest BCUT2D eigenvalue weighted by molar-refractivity contribution is 7.92. The second kappa shape index (κ2) is 6.86. The third-order valence-corrected chi connectivity index (χ3v) is 5.54. The summed E-state index contributed by atoms with van der Waals surface area (Å²) in [5.41, 5.74) is 0.407. The summed E-state index contributed by atoms with van der Waals surface area (Å²) in [6.45, 7) is 1.98. The minimum atomic E-state index is -3.74. The van der Waals surface area contributed by atoms with Gasteiger partial charge in [-0.25, -0.2) is 13.4 Å². The second-order valence-corrected chi connectivity index (χ2v) is 7.59. The van der Waals surface area contributed by atoms with Gasteiger partial charge in [0.15, 0.2) is 0 Å². The molecule has 1 aromatic carbocycles. The molecule has 0 saturated carbocycles. The highest BCUT2D eigenvalue weighted by Gasteiger charge is 2.17. The van der Waals surface area contributed by atoms with Crippen LogP contribution in [0.5, 0.6) is 5.75 Å². The number of nitrogens with zero attached hydrogens (tertiary/aromatic N) is 2. The topological polar surface area (TPSA) is 71.5 Å². The van der Waals surface area contributed by atoms with Gasteiger partial charge < -0.3 is 9.64 Å². The maximum absolute atomic E-state index is 12.4. The number of nitrogens with one attached hydrogen (secondary N) is 1. The Balaban J connectivity index is 1.77. The number of pyridine rings is 1. The van der Waals surface area contributed by atoms with Crippen molar-refractivity contribution in [2.45, 2.75) is 17.7 Å². The summed E-state index contributed by atoms with van der Waals surface area (Å²) in [5.74, 6) is 1.29. The van der Waals surface area contributed by atoms with Crippen molar-refractivity contribution >= 4 is 33.1 Å². The Kier molecular flexibility index (Phi) is 4.82. The Hall–Kier alpha value is -1.99. The maximum Gasteiger partial charge on any atom is 0.261 e. The van der Waals surface area contributed by atoms with Crippen LogP contribution in [0.1, 0.15) is 12.8 Å². The molecular weight excluding hydrogens is 350 g/mol. The molecule has 1 aliphatic rings. The van der Waals surface area contributed by atoms with Crippen molar-refractivity contribution in [2.75, 3.05) is 29.8 Å². The summed E-state index contributed by atoms with van der Waals surface area (Å²) in [7, 11) is -2.26. The molecule has 0 spiro atoms. The molecule has 128 valence electrons. The number of rotatable bonds is 5. The van der Waals surface area contributed by atoms with Crippen molar-refractivity contribution in [1.29, 1.82) is 0 Å². The Morgan fingerprint density at radius 3 is 2.54 bits per heavy atom. The van der Waals surface area contributed by atoms with Crippen LogP contribution in [0.3, 0.4) is 0 Å². The van der Waals surface area contributed by atoms with Gasteiger partial charge in [0.25, 0.3) is 10.0 Å². The predicted molar refractivity (Wildman–Crippen MR) is 94.5 cm³/mol. The van der Waals surface area contributed by atoms with Gasteiger partial charge in [-0.05, 0) is 43.2 Å². The summed E-state index contributed by atoms with van der Waals surface area (Å²) >= 11 is 6.00. The molecule has 24 heavy (non-hydrogen) atoms. The minimum Gasteiger partial charge on any atom is -0.495 e. The van der Waals surface area contributed by atoms with Crippen LogP contribution in [0.2, 0.25) is 5.02 Å². The van der Waals surface area contributed by atoms with Crippen molar-refractivity contribution in [3.8, 4) is 5.75 Å². The van der Waals surface area contributed by atoms with Gasteiger partial charge in [-0.1, -0.05) is 11.6 Å². The first-order chi connectivity index (χ1) is 11.5. The molecule has 0 amide bonds. The number of aromatic nitrogens is 1. The van der Waals surface area contributed by atoms with Crippen molar-refractivity contribution in [1.82, 2.24) is 4.98 Å². The first-order valence-corrected chi connectivity index (χ1v) is 9.43. The summed E-state index contributed by atoms with van der Waals surface area (Å²) in [4.78, 5) is 6.59. The average molecular weight is 368 g/mol. The number of ether oxygens (including phenoxy) is 1. The van der Waals surface area contributed by atoms with E-state index in [2.05, 4.69) is 14.6 Å². The second-order valence-electron chi connectivity index (χ2n) is 5.50. The van der Waals surface area contributed by atoms with Gasteiger partial charge in [0.05, 0.1) is 28.9 Å². The highest BCUT2D eigenvalue weighted by Crippen LogP contribution is 2.28. The molecule has 0 bridgehead atoms. The van der Waals surface area contributed by atoms with Crippen molar-refractivity contribution < 1.29 is 13.2 Å². The van der Waals surface area contributed by atoms with E-state index < -0.39 is 10.0 Å². The molecule has 3 rings (SSSR count). The fraction of sp³-hybridized carbons (Fsp3) is 0.312. The fourth-order valence-electron chi connectivity index (χ4n) is 2.61. The zero-order valence-corrected chi connectivity index (χ0v) is 14.8. The molecule has 1 saturated heterocycles. The number of halogens is 1. The van der Waals surface area contributed by atoms with Gasteiger partial charge >= 0.3 is 0 Å². The number of methoxy groups -OCH3 is 1. The van der Waals surface area contributed by atoms with Crippen LogP contribution >= 0.6 is 11.6 Å². The zero-order chi connectivity index (χ0) is 17.2. The Morgan fingerprint density at radius 2 is 1.96 bits per heavy atom. The first-order valence-electron chi connectivity index (χ1n) is 7.57. The maximum atomic E-state index is 12.4. The molecule has 2 heterocycles. The molecule has 0 atom stereocenters. The number of sulfonamides is 1. The Labute approximate surface area is 146 Å². The van der Waals surface area contributed by atoms with Crippen LogP contribution in [0.4, 0.5) is 11.5 Å². The van der Waals surface area contributed by atoms with Crippen LogP contribution in [0.25, 0.3) is 0 Å². The van der Waals surface area contributed by atoms with Gasteiger partial charge in [0.2, 0.25) is 0 Å². The average Bonchev–Trinajstić information content (AvgIpc) is 3.09. The van der Waals surface area contributed by atoms with Crippen LogP contribution in [0.15, 0.2) is 41.4 Å². The lowest BCUT2D eigenvalue weighted by Crippen LogP contribution is -2.19. The van der Waals surface area contributed by atoms with E-state index in [4.69, 9.17) is 16.3 Å². The molecule has 1 fully saturated rings. The standard InChI is InChI=1S/C16H18ClN3O3S/c1-23-15-6-5-13(10-14(15)17)24(21,22)19-12-4-7-16(18-11-12)20-8-2-3-9-20/h4-7,10-11,19H,2-3,8-9H2,1H3. The van der Waals surface area contributed by atoms with Gasteiger partial charge in [-0.2, -0.15) is 0 Å². The van der Waals surface area contributed by atoms with E-state index in [1.54, 1.807) is 6.07 Å². The van der Waals surface area contributed by atoms with Gasteiger partial charge in [0.1, 0.15) is 11.6 Å². The molecule has 1 aliphatic heterocycles.